The molecule has 0 nitrogen and oxygen atoms in total. The van der Waals surface area contributed by atoms with Gasteiger partial charge in [0, 0.05) is 11.1 Å². The standard InChI is InChI=1S/C28H28F2/c1-3-19-5-9-21(10-6-19)22-13-15-24(16-14-22)26-18-17-25(27(29)28(26)30)23-11-7-20(4-2)8-12-23/h7-9,11-19H,3-6,10H2,1-2H3. The van der Waals surface area contributed by atoms with E-state index in [4.69, 9.17) is 0 Å². The molecule has 1 aliphatic carbocycles. The molecule has 0 fully saturated rings. The molecule has 0 radical (unpaired) electrons. The summed E-state index contributed by atoms with van der Waals surface area (Å²) in [6.07, 6.45) is 7.94. The monoisotopic (exact) mass is 402 g/mol. The van der Waals surface area contributed by atoms with Crippen molar-refractivity contribution < 1.29 is 8.78 Å². The first kappa shape index (κ1) is 20.5. The van der Waals surface area contributed by atoms with Crippen LogP contribution in [0.5, 0.6) is 0 Å². The lowest BCUT2D eigenvalue weighted by Crippen LogP contribution is -2.03. The Bertz CT molecular complexity index is 1040. The predicted octanol–water partition coefficient (Wildman–Crippen LogP) is 8.45. The molecule has 30 heavy (non-hydrogen) atoms. The maximum absolute atomic E-state index is 14.9. The second kappa shape index (κ2) is 8.95. The highest BCUT2D eigenvalue weighted by Crippen LogP contribution is 2.34. The quantitative estimate of drug-likeness (QED) is 0.401. The van der Waals surface area contributed by atoms with Gasteiger partial charge in [0.2, 0.25) is 0 Å². The molecule has 0 saturated heterocycles. The number of benzene rings is 3. The number of rotatable bonds is 5. The number of aryl methyl sites for hydroxylation is 1. The fraction of sp³-hybridized carbons (Fsp3) is 0.286. The Balaban J connectivity index is 1.60. The van der Waals surface area contributed by atoms with Gasteiger partial charge in [0.25, 0.3) is 0 Å². The highest BCUT2D eigenvalue weighted by atomic mass is 19.2. The van der Waals surface area contributed by atoms with Crippen molar-refractivity contribution in [3.63, 3.8) is 0 Å². The van der Waals surface area contributed by atoms with E-state index in [1.807, 2.05) is 48.5 Å². The Morgan fingerprint density at radius 3 is 1.73 bits per heavy atom. The molecule has 0 aliphatic heterocycles. The van der Waals surface area contributed by atoms with Crippen molar-refractivity contribution >= 4 is 5.57 Å². The molecule has 4 rings (SSSR count). The predicted molar refractivity (Wildman–Crippen MR) is 122 cm³/mol. The molecule has 0 saturated carbocycles. The van der Waals surface area contributed by atoms with Gasteiger partial charge in [-0.05, 0) is 59.4 Å². The Hall–Kier alpha value is -2.74. The molecule has 0 N–H and O–H groups in total. The van der Waals surface area contributed by atoms with Crippen molar-refractivity contribution in [2.75, 3.05) is 0 Å². The summed E-state index contributed by atoms with van der Waals surface area (Å²) in [5.41, 5.74) is 5.72. The van der Waals surface area contributed by atoms with Gasteiger partial charge in [-0.3, -0.25) is 0 Å². The first-order valence-electron chi connectivity index (χ1n) is 11.0. The molecular weight excluding hydrogens is 374 g/mol. The number of hydrogen-bond donors (Lipinski definition) is 0. The maximum Gasteiger partial charge on any atom is 0.167 e. The van der Waals surface area contributed by atoms with Crippen molar-refractivity contribution in [2.24, 2.45) is 5.92 Å². The summed E-state index contributed by atoms with van der Waals surface area (Å²) in [6.45, 7) is 4.32. The summed E-state index contributed by atoms with van der Waals surface area (Å²) in [7, 11) is 0. The maximum atomic E-state index is 14.9. The Labute approximate surface area is 178 Å². The molecule has 1 atom stereocenters. The van der Waals surface area contributed by atoms with Gasteiger partial charge in [-0.15, -0.1) is 0 Å². The van der Waals surface area contributed by atoms with E-state index in [0.29, 0.717) is 22.3 Å². The molecule has 2 heteroatoms. The van der Waals surface area contributed by atoms with Crippen LogP contribution in [0.2, 0.25) is 0 Å². The van der Waals surface area contributed by atoms with E-state index in [0.717, 1.165) is 25.2 Å². The number of allylic oxidation sites excluding steroid dienone is 2. The second-order valence-corrected chi connectivity index (χ2v) is 8.19. The van der Waals surface area contributed by atoms with Crippen LogP contribution in [0.25, 0.3) is 27.8 Å². The second-order valence-electron chi connectivity index (χ2n) is 8.19. The lowest BCUT2D eigenvalue weighted by Gasteiger charge is -2.21. The largest absolute Gasteiger partial charge is 0.203 e. The van der Waals surface area contributed by atoms with E-state index < -0.39 is 11.6 Å². The molecule has 3 aromatic carbocycles. The summed E-state index contributed by atoms with van der Waals surface area (Å²) in [5, 5.41) is 0. The average Bonchev–Trinajstić information content (AvgIpc) is 2.81. The van der Waals surface area contributed by atoms with Gasteiger partial charge < -0.3 is 0 Å². The summed E-state index contributed by atoms with van der Waals surface area (Å²) in [6, 6.07) is 18.8. The highest BCUT2D eigenvalue weighted by Gasteiger charge is 2.17. The normalized spacial score (nSPS) is 16.4. The van der Waals surface area contributed by atoms with E-state index in [2.05, 4.69) is 19.9 Å². The minimum absolute atomic E-state index is 0.299. The lowest BCUT2D eigenvalue weighted by molar-refractivity contribution is 0.471. The van der Waals surface area contributed by atoms with E-state index >= 15 is 0 Å². The zero-order valence-corrected chi connectivity index (χ0v) is 17.7. The fourth-order valence-corrected chi connectivity index (χ4v) is 4.30. The number of hydrogen-bond acceptors (Lipinski definition) is 0. The smallest absolute Gasteiger partial charge is 0.167 e. The Morgan fingerprint density at radius 1 is 0.733 bits per heavy atom. The van der Waals surface area contributed by atoms with Crippen LogP contribution in [0.15, 0.2) is 66.7 Å². The van der Waals surface area contributed by atoms with Gasteiger partial charge in [0.1, 0.15) is 0 Å². The zero-order chi connectivity index (χ0) is 21.1. The van der Waals surface area contributed by atoms with E-state index in [-0.39, 0.29) is 0 Å². The molecule has 3 aromatic rings. The van der Waals surface area contributed by atoms with Crippen LogP contribution in [0.4, 0.5) is 8.78 Å². The third kappa shape index (κ3) is 4.09. The summed E-state index contributed by atoms with van der Waals surface area (Å²) < 4.78 is 29.8. The highest BCUT2D eigenvalue weighted by molar-refractivity contribution is 5.74. The molecule has 1 unspecified atom stereocenters. The van der Waals surface area contributed by atoms with Crippen LogP contribution in [-0.4, -0.2) is 0 Å². The third-order valence-corrected chi connectivity index (χ3v) is 6.42. The zero-order valence-electron chi connectivity index (χ0n) is 17.7. The molecule has 0 aromatic heterocycles. The van der Waals surface area contributed by atoms with Crippen molar-refractivity contribution in [1.29, 1.82) is 0 Å². The van der Waals surface area contributed by atoms with E-state index in [1.54, 1.807) is 12.1 Å². The van der Waals surface area contributed by atoms with Gasteiger partial charge in [-0.2, -0.15) is 0 Å². The summed E-state index contributed by atoms with van der Waals surface area (Å²) >= 11 is 0. The molecule has 0 amide bonds. The van der Waals surface area contributed by atoms with Gasteiger partial charge in [-0.25, -0.2) is 8.78 Å². The lowest BCUT2D eigenvalue weighted by atomic mass is 9.85. The van der Waals surface area contributed by atoms with Crippen LogP contribution in [0.3, 0.4) is 0 Å². The number of halogens is 2. The van der Waals surface area contributed by atoms with Crippen LogP contribution in [0, 0.1) is 17.6 Å². The Morgan fingerprint density at radius 2 is 1.27 bits per heavy atom. The van der Waals surface area contributed by atoms with Gasteiger partial charge >= 0.3 is 0 Å². The minimum atomic E-state index is -0.790. The molecule has 0 bridgehead atoms. The first-order valence-corrected chi connectivity index (χ1v) is 11.0. The summed E-state index contributed by atoms with van der Waals surface area (Å²) in [5.74, 6) is -0.786. The molecule has 154 valence electrons. The van der Waals surface area contributed by atoms with E-state index in [1.165, 1.54) is 29.5 Å². The van der Waals surface area contributed by atoms with Gasteiger partial charge in [0.15, 0.2) is 11.6 Å². The third-order valence-electron chi connectivity index (χ3n) is 6.42. The SMILES string of the molecule is CCc1ccc(-c2ccc(-c3ccc(C4=CCC(CC)CC4)cc3)c(F)c2F)cc1. The molecule has 0 spiro atoms. The van der Waals surface area contributed by atoms with Crippen molar-refractivity contribution in [1.82, 2.24) is 0 Å². The molecule has 0 heterocycles. The van der Waals surface area contributed by atoms with Crippen LogP contribution in [-0.2, 0) is 6.42 Å². The van der Waals surface area contributed by atoms with Crippen molar-refractivity contribution in [2.45, 2.75) is 46.0 Å². The van der Waals surface area contributed by atoms with E-state index in [9.17, 15) is 8.78 Å². The molecular formula is C28H28F2. The topological polar surface area (TPSA) is 0 Å². The van der Waals surface area contributed by atoms with Gasteiger partial charge in [-0.1, -0.05) is 87.0 Å². The van der Waals surface area contributed by atoms with Gasteiger partial charge in [0.05, 0.1) is 0 Å². The van der Waals surface area contributed by atoms with Crippen LogP contribution < -0.4 is 0 Å². The van der Waals surface area contributed by atoms with Crippen molar-refractivity contribution in [3.8, 4) is 22.3 Å². The fourth-order valence-electron chi connectivity index (χ4n) is 4.30. The Kier molecular flexibility index (Phi) is 6.13. The average molecular weight is 403 g/mol. The van der Waals surface area contributed by atoms with Crippen LogP contribution >= 0.6 is 0 Å². The molecule has 1 aliphatic rings. The minimum Gasteiger partial charge on any atom is -0.203 e. The van der Waals surface area contributed by atoms with Crippen LogP contribution in [0.1, 0.15) is 50.7 Å². The van der Waals surface area contributed by atoms with Crippen molar-refractivity contribution in [3.05, 3.63) is 89.5 Å². The first-order chi connectivity index (χ1) is 14.6. The summed E-state index contributed by atoms with van der Waals surface area (Å²) in [4.78, 5) is 0.